The highest BCUT2D eigenvalue weighted by Crippen LogP contribution is 2.32. The number of fused-ring (bicyclic) bond motifs is 1. The Morgan fingerprint density at radius 1 is 1.14 bits per heavy atom. The summed E-state index contributed by atoms with van der Waals surface area (Å²) >= 11 is 0. The second-order valence-corrected chi connectivity index (χ2v) is 5.08. The van der Waals surface area contributed by atoms with E-state index in [0.29, 0.717) is 30.8 Å². The maximum absolute atomic E-state index is 12.6. The van der Waals surface area contributed by atoms with Crippen LogP contribution >= 0.6 is 0 Å². The van der Waals surface area contributed by atoms with Gasteiger partial charge in [-0.1, -0.05) is 19.1 Å². The summed E-state index contributed by atoms with van der Waals surface area (Å²) in [4.78, 5) is 26.3. The van der Waals surface area contributed by atoms with Gasteiger partial charge in [-0.15, -0.1) is 0 Å². The smallest absolute Gasteiger partial charge is 0.291 e. The third kappa shape index (κ3) is 3.13. The van der Waals surface area contributed by atoms with Gasteiger partial charge in [-0.25, -0.2) is 0 Å². The zero-order chi connectivity index (χ0) is 16.1. The third-order valence-electron chi connectivity index (χ3n) is 3.58. The van der Waals surface area contributed by atoms with E-state index < -0.39 is 0 Å². The van der Waals surface area contributed by atoms with E-state index in [1.54, 1.807) is 11.0 Å². The monoisotopic (exact) mass is 302 g/mol. The molecule has 0 bridgehead atoms. The molecule has 0 saturated heterocycles. The van der Waals surface area contributed by atoms with Crippen molar-refractivity contribution in [3.63, 3.8) is 0 Å². The number of para-hydroxylation sites is 1. The highest BCUT2D eigenvalue weighted by molar-refractivity contribution is 6.10. The minimum atomic E-state index is -0.201. The zero-order valence-electron chi connectivity index (χ0n) is 13.3. The molecule has 1 aromatic heterocycles. The van der Waals surface area contributed by atoms with Crippen LogP contribution in [0.5, 0.6) is 0 Å². The van der Waals surface area contributed by atoms with Crippen molar-refractivity contribution in [1.29, 1.82) is 0 Å². The standard InChI is InChI=1S/C17H22N2O3/c1-4-9-14(20)18-15-12-10-7-8-11-13(12)22-16(15)17(21)19(5-2)6-3/h7-8,10-11H,4-6,9H2,1-3H3,(H,18,20). The van der Waals surface area contributed by atoms with E-state index in [2.05, 4.69) is 5.32 Å². The minimum Gasteiger partial charge on any atom is -0.449 e. The summed E-state index contributed by atoms with van der Waals surface area (Å²) in [5, 5.41) is 3.59. The second kappa shape index (κ2) is 7.11. The molecule has 0 radical (unpaired) electrons. The second-order valence-electron chi connectivity index (χ2n) is 5.08. The average molecular weight is 302 g/mol. The molecule has 1 heterocycles. The SMILES string of the molecule is CCCC(=O)Nc1c(C(=O)N(CC)CC)oc2ccccc12. The van der Waals surface area contributed by atoms with Crippen molar-refractivity contribution in [1.82, 2.24) is 4.90 Å². The fourth-order valence-corrected chi connectivity index (χ4v) is 2.40. The summed E-state index contributed by atoms with van der Waals surface area (Å²) in [5.74, 6) is -0.106. The number of hydrogen-bond donors (Lipinski definition) is 1. The molecule has 1 N–H and O–H groups in total. The van der Waals surface area contributed by atoms with Crippen LogP contribution in [0.25, 0.3) is 11.0 Å². The number of hydrogen-bond acceptors (Lipinski definition) is 3. The van der Waals surface area contributed by atoms with E-state index in [1.165, 1.54) is 0 Å². The fraction of sp³-hybridized carbons (Fsp3) is 0.412. The normalized spacial score (nSPS) is 10.7. The number of anilines is 1. The lowest BCUT2D eigenvalue weighted by atomic mass is 10.2. The molecule has 0 unspecified atom stereocenters. The molecule has 22 heavy (non-hydrogen) atoms. The summed E-state index contributed by atoms with van der Waals surface area (Å²) in [7, 11) is 0. The molecule has 5 nitrogen and oxygen atoms in total. The number of rotatable bonds is 6. The molecule has 0 saturated carbocycles. The van der Waals surface area contributed by atoms with Crippen molar-refractivity contribution in [3.8, 4) is 0 Å². The molecule has 0 spiro atoms. The van der Waals surface area contributed by atoms with Crippen LogP contribution in [0.3, 0.4) is 0 Å². The van der Waals surface area contributed by atoms with E-state index >= 15 is 0 Å². The van der Waals surface area contributed by atoms with Crippen LogP contribution in [-0.2, 0) is 4.79 Å². The molecule has 1 aromatic carbocycles. The zero-order valence-corrected chi connectivity index (χ0v) is 13.3. The van der Waals surface area contributed by atoms with Gasteiger partial charge in [-0.05, 0) is 32.4 Å². The van der Waals surface area contributed by atoms with Gasteiger partial charge >= 0.3 is 0 Å². The number of amides is 2. The van der Waals surface area contributed by atoms with E-state index in [-0.39, 0.29) is 17.6 Å². The maximum Gasteiger partial charge on any atom is 0.291 e. The summed E-state index contributed by atoms with van der Waals surface area (Å²) in [6, 6.07) is 7.34. The quantitative estimate of drug-likeness (QED) is 0.886. The Morgan fingerprint density at radius 2 is 1.82 bits per heavy atom. The predicted octanol–water partition coefficient (Wildman–Crippen LogP) is 3.65. The summed E-state index contributed by atoms with van der Waals surface area (Å²) in [6.07, 6.45) is 1.17. The molecule has 0 aliphatic carbocycles. The molecule has 0 atom stereocenters. The van der Waals surface area contributed by atoms with Crippen molar-refractivity contribution in [2.24, 2.45) is 0 Å². The molecule has 0 aliphatic rings. The lowest BCUT2D eigenvalue weighted by molar-refractivity contribution is -0.116. The number of furan rings is 1. The minimum absolute atomic E-state index is 0.109. The van der Waals surface area contributed by atoms with Crippen molar-refractivity contribution >= 4 is 28.5 Å². The first kappa shape index (κ1) is 16.1. The van der Waals surface area contributed by atoms with Crippen LogP contribution in [-0.4, -0.2) is 29.8 Å². The third-order valence-corrected chi connectivity index (χ3v) is 3.58. The molecule has 0 aliphatic heterocycles. The van der Waals surface area contributed by atoms with Gasteiger partial charge in [0.1, 0.15) is 11.3 Å². The maximum atomic E-state index is 12.6. The lowest BCUT2D eigenvalue weighted by Crippen LogP contribution is -2.31. The molecular formula is C17H22N2O3. The van der Waals surface area contributed by atoms with Gasteiger partial charge in [-0.3, -0.25) is 9.59 Å². The van der Waals surface area contributed by atoms with Gasteiger partial charge in [0, 0.05) is 24.9 Å². The largest absolute Gasteiger partial charge is 0.449 e. The number of carbonyl (C=O) groups is 2. The molecule has 2 rings (SSSR count). The number of carbonyl (C=O) groups excluding carboxylic acids is 2. The van der Waals surface area contributed by atoms with E-state index in [0.717, 1.165) is 11.8 Å². The van der Waals surface area contributed by atoms with Gasteiger partial charge in [0.2, 0.25) is 11.7 Å². The van der Waals surface area contributed by atoms with Crippen molar-refractivity contribution in [3.05, 3.63) is 30.0 Å². The van der Waals surface area contributed by atoms with Crippen molar-refractivity contribution < 1.29 is 14.0 Å². The first-order valence-corrected chi connectivity index (χ1v) is 7.72. The summed E-state index contributed by atoms with van der Waals surface area (Å²) < 4.78 is 5.72. The van der Waals surface area contributed by atoms with Gasteiger partial charge in [-0.2, -0.15) is 0 Å². The van der Waals surface area contributed by atoms with Gasteiger partial charge < -0.3 is 14.6 Å². The Labute approximate surface area is 130 Å². The van der Waals surface area contributed by atoms with E-state index in [1.807, 2.05) is 39.0 Å². The molecule has 2 amide bonds. The Hall–Kier alpha value is -2.30. The van der Waals surface area contributed by atoms with Crippen LogP contribution in [0.4, 0.5) is 5.69 Å². The van der Waals surface area contributed by atoms with Gasteiger partial charge in [0.25, 0.3) is 5.91 Å². The number of nitrogens with one attached hydrogen (secondary N) is 1. The Kier molecular flexibility index (Phi) is 5.20. The van der Waals surface area contributed by atoms with E-state index in [9.17, 15) is 9.59 Å². The number of nitrogens with zero attached hydrogens (tertiary/aromatic N) is 1. The van der Waals surface area contributed by atoms with Crippen LogP contribution in [0.2, 0.25) is 0 Å². The highest BCUT2D eigenvalue weighted by Gasteiger charge is 2.24. The predicted molar refractivity (Wildman–Crippen MR) is 87.0 cm³/mol. The molecule has 5 heteroatoms. The van der Waals surface area contributed by atoms with Gasteiger partial charge in [0.15, 0.2) is 0 Å². The fourth-order valence-electron chi connectivity index (χ4n) is 2.40. The lowest BCUT2D eigenvalue weighted by Gasteiger charge is -2.17. The Morgan fingerprint density at radius 3 is 2.45 bits per heavy atom. The van der Waals surface area contributed by atoms with Crippen LogP contribution < -0.4 is 5.32 Å². The molecule has 2 aromatic rings. The van der Waals surface area contributed by atoms with E-state index in [4.69, 9.17) is 4.42 Å². The van der Waals surface area contributed by atoms with Crippen molar-refractivity contribution in [2.45, 2.75) is 33.6 Å². The Bertz CT molecular complexity index is 672. The molecule has 118 valence electrons. The first-order valence-electron chi connectivity index (χ1n) is 7.72. The van der Waals surface area contributed by atoms with Crippen LogP contribution in [0.15, 0.2) is 28.7 Å². The highest BCUT2D eigenvalue weighted by atomic mass is 16.3. The Balaban J connectivity index is 2.48. The first-order chi connectivity index (χ1) is 10.6. The number of benzene rings is 1. The topological polar surface area (TPSA) is 62.6 Å². The molecule has 0 fully saturated rings. The summed E-state index contributed by atoms with van der Waals surface area (Å²) in [5.41, 5.74) is 1.08. The van der Waals surface area contributed by atoms with Crippen molar-refractivity contribution in [2.75, 3.05) is 18.4 Å². The van der Waals surface area contributed by atoms with Crippen LogP contribution in [0.1, 0.15) is 44.2 Å². The summed E-state index contributed by atoms with van der Waals surface area (Å²) in [6.45, 7) is 6.96. The van der Waals surface area contributed by atoms with Gasteiger partial charge in [0.05, 0.1) is 0 Å². The average Bonchev–Trinajstić information content (AvgIpc) is 2.87. The van der Waals surface area contributed by atoms with Crippen LogP contribution in [0, 0.1) is 0 Å². The molecular weight excluding hydrogens is 280 g/mol.